The first kappa shape index (κ1) is 8.35. The van der Waals surface area contributed by atoms with Gasteiger partial charge in [-0.3, -0.25) is 0 Å². The molecule has 2 heteroatoms. The average Bonchev–Trinajstić information content (AvgIpc) is 2.06. The molecular formula is C10H9NO. The number of oxime groups is 1. The number of terminal acetylenes is 1. The lowest BCUT2D eigenvalue weighted by molar-refractivity contribution is 0.322. The highest BCUT2D eigenvalue weighted by Crippen LogP contribution is 2.03. The van der Waals surface area contributed by atoms with Gasteiger partial charge in [-0.1, -0.05) is 23.4 Å². The summed E-state index contributed by atoms with van der Waals surface area (Å²) in [6, 6.07) is 7.55. The van der Waals surface area contributed by atoms with Crippen molar-refractivity contribution in [2.75, 3.05) is 0 Å². The lowest BCUT2D eigenvalue weighted by Crippen LogP contribution is -1.85. The molecule has 0 atom stereocenters. The minimum Gasteiger partial charge on any atom is -0.411 e. The van der Waals surface area contributed by atoms with Crippen LogP contribution in [-0.4, -0.2) is 11.4 Å². The molecule has 0 aliphatic heterocycles. The van der Waals surface area contributed by atoms with Crippen LogP contribution in [0.3, 0.4) is 0 Å². The van der Waals surface area contributed by atoms with E-state index in [-0.39, 0.29) is 0 Å². The van der Waals surface area contributed by atoms with Gasteiger partial charge in [0.1, 0.15) is 0 Å². The van der Waals surface area contributed by atoms with Gasteiger partial charge in [0.2, 0.25) is 0 Å². The van der Waals surface area contributed by atoms with Crippen molar-refractivity contribution in [3.8, 4) is 12.3 Å². The first-order valence-corrected chi connectivity index (χ1v) is 3.56. The summed E-state index contributed by atoms with van der Waals surface area (Å²) in [7, 11) is 0. The van der Waals surface area contributed by atoms with Crippen molar-refractivity contribution in [1.29, 1.82) is 0 Å². The van der Waals surface area contributed by atoms with Crippen LogP contribution < -0.4 is 0 Å². The SMILES string of the molecule is C#CCc1cccc(/C=N\O)c1. The van der Waals surface area contributed by atoms with Crippen LogP contribution in [0.4, 0.5) is 0 Å². The minimum absolute atomic E-state index is 0.604. The quantitative estimate of drug-likeness (QED) is 0.303. The van der Waals surface area contributed by atoms with Gasteiger partial charge in [-0.05, 0) is 17.2 Å². The molecule has 0 saturated carbocycles. The fourth-order valence-corrected chi connectivity index (χ4v) is 0.968. The van der Waals surface area contributed by atoms with Crippen LogP contribution in [0, 0.1) is 12.3 Å². The molecule has 12 heavy (non-hydrogen) atoms. The van der Waals surface area contributed by atoms with Crippen LogP contribution in [-0.2, 0) is 6.42 Å². The molecule has 0 heterocycles. The second-order valence-corrected chi connectivity index (χ2v) is 2.37. The first-order valence-electron chi connectivity index (χ1n) is 3.56. The number of rotatable bonds is 2. The fraction of sp³-hybridized carbons (Fsp3) is 0.100. The lowest BCUT2D eigenvalue weighted by atomic mass is 10.1. The molecule has 0 amide bonds. The van der Waals surface area contributed by atoms with E-state index >= 15 is 0 Å². The van der Waals surface area contributed by atoms with E-state index in [9.17, 15) is 0 Å². The maximum Gasteiger partial charge on any atom is 0.0733 e. The van der Waals surface area contributed by atoms with Crippen molar-refractivity contribution >= 4 is 6.21 Å². The summed E-state index contributed by atoms with van der Waals surface area (Å²) < 4.78 is 0. The van der Waals surface area contributed by atoms with E-state index in [0.717, 1.165) is 11.1 Å². The van der Waals surface area contributed by atoms with Gasteiger partial charge in [0.25, 0.3) is 0 Å². The van der Waals surface area contributed by atoms with E-state index in [4.69, 9.17) is 11.6 Å². The Labute approximate surface area is 71.5 Å². The molecule has 1 aromatic rings. The first-order chi connectivity index (χ1) is 5.86. The minimum atomic E-state index is 0.604. The van der Waals surface area contributed by atoms with Crippen LogP contribution in [0.2, 0.25) is 0 Å². The van der Waals surface area contributed by atoms with Gasteiger partial charge in [-0.25, -0.2) is 0 Å². The van der Waals surface area contributed by atoms with Crippen molar-refractivity contribution < 1.29 is 5.21 Å². The molecule has 60 valence electrons. The molecule has 0 fully saturated rings. The average molecular weight is 159 g/mol. The Morgan fingerprint density at radius 1 is 1.58 bits per heavy atom. The number of nitrogens with zero attached hydrogens (tertiary/aromatic N) is 1. The van der Waals surface area contributed by atoms with Gasteiger partial charge in [-0.2, -0.15) is 0 Å². The Bertz CT molecular complexity index is 323. The third-order valence-corrected chi connectivity index (χ3v) is 1.46. The second-order valence-electron chi connectivity index (χ2n) is 2.37. The predicted octanol–water partition coefficient (Wildman–Crippen LogP) is 1.67. The number of hydrogen-bond acceptors (Lipinski definition) is 2. The maximum atomic E-state index is 8.27. The van der Waals surface area contributed by atoms with Gasteiger partial charge in [0.15, 0.2) is 0 Å². The molecule has 1 N–H and O–H groups in total. The lowest BCUT2D eigenvalue weighted by Gasteiger charge is -1.95. The molecule has 0 unspecified atom stereocenters. The summed E-state index contributed by atoms with van der Waals surface area (Å²) in [6.07, 6.45) is 7.13. The summed E-state index contributed by atoms with van der Waals surface area (Å²) in [5.41, 5.74) is 1.90. The van der Waals surface area contributed by atoms with Crippen LogP contribution in [0.25, 0.3) is 0 Å². The molecule has 0 aliphatic rings. The van der Waals surface area contributed by atoms with Crippen LogP contribution >= 0.6 is 0 Å². The van der Waals surface area contributed by atoms with E-state index < -0.39 is 0 Å². The van der Waals surface area contributed by atoms with Crippen LogP contribution in [0.1, 0.15) is 11.1 Å². The Morgan fingerprint density at radius 3 is 3.08 bits per heavy atom. The molecule has 0 spiro atoms. The highest BCUT2D eigenvalue weighted by Gasteiger charge is 1.91. The topological polar surface area (TPSA) is 32.6 Å². The Morgan fingerprint density at radius 2 is 2.42 bits per heavy atom. The van der Waals surface area contributed by atoms with Crippen molar-refractivity contribution in [2.45, 2.75) is 6.42 Å². The molecule has 0 radical (unpaired) electrons. The third kappa shape index (κ3) is 2.14. The van der Waals surface area contributed by atoms with Crippen molar-refractivity contribution in [1.82, 2.24) is 0 Å². The molecule has 1 rings (SSSR count). The smallest absolute Gasteiger partial charge is 0.0733 e. The zero-order valence-corrected chi connectivity index (χ0v) is 6.57. The summed E-state index contributed by atoms with van der Waals surface area (Å²) in [4.78, 5) is 0. The van der Waals surface area contributed by atoms with Gasteiger partial charge in [0, 0.05) is 6.42 Å². The summed E-state index contributed by atoms with van der Waals surface area (Å²) in [6.45, 7) is 0. The molecule has 0 aliphatic carbocycles. The molecule has 1 aromatic carbocycles. The van der Waals surface area contributed by atoms with Crippen molar-refractivity contribution in [3.63, 3.8) is 0 Å². The maximum absolute atomic E-state index is 8.27. The van der Waals surface area contributed by atoms with Gasteiger partial charge < -0.3 is 5.21 Å². The monoisotopic (exact) mass is 159 g/mol. The summed E-state index contributed by atoms with van der Waals surface area (Å²) in [5, 5.41) is 11.2. The predicted molar refractivity (Wildman–Crippen MR) is 48.4 cm³/mol. The van der Waals surface area contributed by atoms with E-state index in [1.165, 1.54) is 6.21 Å². The Kier molecular flexibility index (Phi) is 2.92. The zero-order valence-electron chi connectivity index (χ0n) is 6.57. The molecule has 0 saturated heterocycles. The Hall–Kier alpha value is -1.75. The summed E-state index contributed by atoms with van der Waals surface area (Å²) >= 11 is 0. The van der Waals surface area contributed by atoms with Crippen molar-refractivity contribution in [2.24, 2.45) is 5.16 Å². The van der Waals surface area contributed by atoms with E-state index in [2.05, 4.69) is 11.1 Å². The van der Waals surface area contributed by atoms with E-state index in [0.29, 0.717) is 6.42 Å². The van der Waals surface area contributed by atoms with Crippen LogP contribution in [0.15, 0.2) is 29.4 Å². The number of benzene rings is 1. The molecular weight excluding hydrogens is 150 g/mol. The number of hydrogen-bond donors (Lipinski definition) is 1. The zero-order chi connectivity index (χ0) is 8.81. The highest BCUT2D eigenvalue weighted by molar-refractivity contribution is 5.79. The normalized spacial score (nSPS) is 9.92. The van der Waals surface area contributed by atoms with Gasteiger partial charge >= 0.3 is 0 Å². The Balaban J connectivity index is 2.89. The molecule has 2 nitrogen and oxygen atoms in total. The summed E-state index contributed by atoms with van der Waals surface area (Å²) in [5.74, 6) is 2.55. The standard InChI is InChI=1S/C10H9NO/c1-2-4-9-5-3-6-10(7-9)8-11-12/h1,3,5-8,12H,4H2/b11-8-. The van der Waals surface area contributed by atoms with E-state index in [1.807, 2.05) is 24.3 Å². The fourth-order valence-electron chi connectivity index (χ4n) is 0.968. The molecule has 0 aromatic heterocycles. The van der Waals surface area contributed by atoms with E-state index in [1.54, 1.807) is 0 Å². The second kappa shape index (κ2) is 4.20. The third-order valence-electron chi connectivity index (χ3n) is 1.46. The van der Waals surface area contributed by atoms with Crippen molar-refractivity contribution in [3.05, 3.63) is 35.4 Å². The highest BCUT2D eigenvalue weighted by atomic mass is 16.4. The van der Waals surface area contributed by atoms with Crippen LogP contribution in [0.5, 0.6) is 0 Å². The largest absolute Gasteiger partial charge is 0.411 e. The van der Waals surface area contributed by atoms with Gasteiger partial charge in [-0.15, -0.1) is 12.3 Å². The molecule has 0 bridgehead atoms. The van der Waals surface area contributed by atoms with Gasteiger partial charge in [0.05, 0.1) is 6.21 Å².